The Morgan fingerprint density at radius 1 is 1.42 bits per heavy atom. The molecule has 0 radical (unpaired) electrons. The molecule has 0 spiro atoms. The second kappa shape index (κ2) is 4.85. The number of rotatable bonds is 2. The Morgan fingerprint density at radius 3 is 3.05 bits per heavy atom. The fraction of sp³-hybridized carbons (Fsp3) is 0.429. The largest absolute Gasteiger partial charge is 0.365 e. The van der Waals surface area contributed by atoms with Crippen LogP contribution in [0, 0.1) is 5.92 Å². The summed E-state index contributed by atoms with van der Waals surface area (Å²) < 4.78 is 0. The molecule has 2 heterocycles. The number of hydrogen-bond donors (Lipinski definition) is 1. The van der Waals surface area contributed by atoms with Gasteiger partial charge in [-0.1, -0.05) is 11.6 Å². The van der Waals surface area contributed by atoms with Crippen LogP contribution in [0.4, 0.5) is 5.69 Å². The van der Waals surface area contributed by atoms with Crippen molar-refractivity contribution >= 4 is 29.5 Å². The van der Waals surface area contributed by atoms with E-state index in [1.807, 2.05) is 6.07 Å². The van der Waals surface area contributed by atoms with Crippen LogP contribution < -0.4 is 10.2 Å². The van der Waals surface area contributed by atoms with Crippen molar-refractivity contribution in [3.05, 3.63) is 28.8 Å². The molecular formula is C14H15ClN2O2. The van der Waals surface area contributed by atoms with Crippen LogP contribution in [-0.4, -0.2) is 31.3 Å². The molecule has 2 saturated heterocycles. The van der Waals surface area contributed by atoms with Crippen LogP contribution in [-0.2, 0) is 4.79 Å². The van der Waals surface area contributed by atoms with Gasteiger partial charge in [0.15, 0.2) is 6.29 Å². The molecule has 1 N–H and O–H groups in total. The highest BCUT2D eigenvalue weighted by Crippen LogP contribution is 2.33. The van der Waals surface area contributed by atoms with Gasteiger partial charge in [-0.2, -0.15) is 0 Å². The van der Waals surface area contributed by atoms with E-state index in [0.29, 0.717) is 17.1 Å². The lowest BCUT2D eigenvalue weighted by Gasteiger charge is -2.38. The van der Waals surface area contributed by atoms with Crippen LogP contribution in [0.3, 0.4) is 0 Å². The summed E-state index contributed by atoms with van der Waals surface area (Å²) in [6, 6.07) is 5.49. The number of carbonyl (C=O) groups is 2. The Labute approximate surface area is 116 Å². The standard InChI is InChI=1S/C14H15ClN2O2/c15-10-3-4-12(9(6-10)8-18)17-5-1-2-11-13(17)7-16-14(11)19/h3-4,6,8,11,13H,1-2,5,7H2,(H,16,19). The number of anilines is 1. The zero-order valence-electron chi connectivity index (χ0n) is 10.4. The number of nitrogens with one attached hydrogen (secondary N) is 1. The summed E-state index contributed by atoms with van der Waals surface area (Å²) in [6.07, 6.45) is 2.72. The maximum Gasteiger partial charge on any atom is 0.225 e. The number of halogens is 1. The lowest BCUT2D eigenvalue weighted by Crippen LogP contribution is -2.46. The minimum atomic E-state index is 0.0453. The van der Waals surface area contributed by atoms with Gasteiger partial charge in [0, 0.05) is 29.4 Å². The molecule has 0 bridgehead atoms. The van der Waals surface area contributed by atoms with Gasteiger partial charge in [-0.25, -0.2) is 0 Å². The highest BCUT2D eigenvalue weighted by Gasteiger charge is 2.41. The van der Waals surface area contributed by atoms with Gasteiger partial charge in [0.25, 0.3) is 0 Å². The fourth-order valence-corrected chi connectivity index (χ4v) is 3.31. The summed E-state index contributed by atoms with van der Waals surface area (Å²) in [7, 11) is 0. The lowest BCUT2D eigenvalue weighted by molar-refractivity contribution is -0.122. The predicted molar refractivity (Wildman–Crippen MR) is 73.7 cm³/mol. The first-order valence-electron chi connectivity index (χ1n) is 6.50. The Hall–Kier alpha value is -1.55. The van der Waals surface area contributed by atoms with Gasteiger partial charge >= 0.3 is 0 Å². The van der Waals surface area contributed by atoms with E-state index in [9.17, 15) is 9.59 Å². The predicted octanol–water partition coefficient (Wildman–Crippen LogP) is 1.87. The van der Waals surface area contributed by atoms with Crippen molar-refractivity contribution in [3.8, 4) is 0 Å². The summed E-state index contributed by atoms with van der Waals surface area (Å²) in [5, 5.41) is 3.47. The molecule has 2 atom stereocenters. The van der Waals surface area contributed by atoms with Crippen molar-refractivity contribution < 1.29 is 9.59 Å². The molecular weight excluding hydrogens is 264 g/mol. The molecule has 0 aromatic heterocycles. The van der Waals surface area contributed by atoms with E-state index in [1.165, 1.54) is 0 Å². The van der Waals surface area contributed by atoms with Gasteiger partial charge in [-0.3, -0.25) is 9.59 Å². The molecule has 5 heteroatoms. The smallest absolute Gasteiger partial charge is 0.225 e. The third kappa shape index (κ3) is 2.10. The number of aldehydes is 1. The number of hydrogen-bond acceptors (Lipinski definition) is 3. The molecule has 2 fully saturated rings. The first-order chi connectivity index (χ1) is 9.20. The second-order valence-electron chi connectivity index (χ2n) is 5.08. The van der Waals surface area contributed by atoms with E-state index in [2.05, 4.69) is 10.2 Å². The lowest BCUT2D eigenvalue weighted by atomic mass is 9.90. The molecule has 100 valence electrons. The van der Waals surface area contributed by atoms with E-state index in [1.54, 1.807) is 12.1 Å². The quantitative estimate of drug-likeness (QED) is 0.840. The summed E-state index contributed by atoms with van der Waals surface area (Å²) in [6.45, 7) is 1.53. The SMILES string of the molecule is O=Cc1cc(Cl)ccc1N1CCCC2C(=O)NCC21. The summed E-state index contributed by atoms with van der Waals surface area (Å²) in [4.78, 5) is 25.1. The molecule has 19 heavy (non-hydrogen) atoms. The van der Waals surface area contributed by atoms with Gasteiger partial charge < -0.3 is 10.2 Å². The first-order valence-corrected chi connectivity index (χ1v) is 6.87. The zero-order chi connectivity index (χ0) is 13.4. The number of amides is 1. The van der Waals surface area contributed by atoms with Gasteiger partial charge in [-0.15, -0.1) is 0 Å². The molecule has 4 nitrogen and oxygen atoms in total. The number of piperidine rings is 1. The average molecular weight is 279 g/mol. The molecule has 1 amide bonds. The normalized spacial score (nSPS) is 25.9. The van der Waals surface area contributed by atoms with Gasteiger partial charge in [0.05, 0.1) is 12.0 Å². The van der Waals surface area contributed by atoms with Crippen LogP contribution in [0.15, 0.2) is 18.2 Å². The monoisotopic (exact) mass is 278 g/mol. The zero-order valence-corrected chi connectivity index (χ0v) is 11.2. The van der Waals surface area contributed by atoms with Crippen molar-refractivity contribution in [2.75, 3.05) is 18.0 Å². The molecule has 2 unspecified atom stereocenters. The topological polar surface area (TPSA) is 49.4 Å². The maximum atomic E-state index is 11.8. The van der Waals surface area contributed by atoms with Crippen molar-refractivity contribution in [2.45, 2.75) is 18.9 Å². The van der Waals surface area contributed by atoms with Crippen LogP contribution in [0.1, 0.15) is 23.2 Å². The highest BCUT2D eigenvalue weighted by molar-refractivity contribution is 6.31. The molecule has 0 aliphatic carbocycles. The van der Waals surface area contributed by atoms with Crippen LogP contribution >= 0.6 is 11.6 Å². The van der Waals surface area contributed by atoms with E-state index >= 15 is 0 Å². The molecule has 1 aromatic carbocycles. The molecule has 0 saturated carbocycles. The Balaban J connectivity index is 1.97. The fourth-order valence-electron chi connectivity index (χ4n) is 3.13. The minimum Gasteiger partial charge on any atom is -0.365 e. The van der Waals surface area contributed by atoms with E-state index in [4.69, 9.17) is 11.6 Å². The van der Waals surface area contributed by atoms with E-state index in [0.717, 1.165) is 31.4 Å². The Kier molecular flexibility index (Phi) is 3.19. The van der Waals surface area contributed by atoms with Crippen molar-refractivity contribution in [1.29, 1.82) is 0 Å². The summed E-state index contributed by atoms with van der Waals surface area (Å²) in [5.74, 6) is 0.181. The molecule has 2 aliphatic heterocycles. The Bertz CT molecular complexity index is 532. The average Bonchev–Trinajstić information content (AvgIpc) is 2.81. The van der Waals surface area contributed by atoms with Crippen LogP contribution in [0.25, 0.3) is 0 Å². The third-order valence-corrected chi connectivity index (χ3v) is 4.26. The van der Waals surface area contributed by atoms with Gasteiger partial charge in [0.2, 0.25) is 5.91 Å². The number of carbonyl (C=O) groups excluding carboxylic acids is 2. The summed E-state index contributed by atoms with van der Waals surface area (Å²) >= 11 is 5.93. The first kappa shape index (κ1) is 12.5. The highest BCUT2D eigenvalue weighted by atomic mass is 35.5. The van der Waals surface area contributed by atoms with E-state index in [-0.39, 0.29) is 17.9 Å². The van der Waals surface area contributed by atoms with Crippen molar-refractivity contribution in [3.63, 3.8) is 0 Å². The summed E-state index contributed by atoms with van der Waals surface area (Å²) in [5.41, 5.74) is 1.47. The van der Waals surface area contributed by atoms with Crippen molar-refractivity contribution in [2.24, 2.45) is 5.92 Å². The Morgan fingerprint density at radius 2 is 2.26 bits per heavy atom. The number of benzene rings is 1. The minimum absolute atomic E-state index is 0.0453. The second-order valence-corrected chi connectivity index (χ2v) is 5.51. The van der Waals surface area contributed by atoms with Crippen molar-refractivity contribution in [1.82, 2.24) is 5.32 Å². The van der Waals surface area contributed by atoms with Crippen LogP contribution in [0.2, 0.25) is 5.02 Å². The number of nitrogens with zero attached hydrogens (tertiary/aromatic N) is 1. The molecule has 2 aliphatic rings. The maximum absolute atomic E-state index is 11.8. The third-order valence-electron chi connectivity index (χ3n) is 4.03. The van der Waals surface area contributed by atoms with Crippen LogP contribution in [0.5, 0.6) is 0 Å². The van der Waals surface area contributed by atoms with Gasteiger partial charge in [0.1, 0.15) is 0 Å². The molecule has 1 aromatic rings. The molecule has 3 rings (SSSR count). The number of fused-ring (bicyclic) bond motifs is 1. The van der Waals surface area contributed by atoms with Gasteiger partial charge in [-0.05, 0) is 31.0 Å². The van der Waals surface area contributed by atoms with E-state index < -0.39 is 0 Å².